The molecule has 1 N–H and O–H groups in total. The zero-order valence-electron chi connectivity index (χ0n) is 16.5. The predicted octanol–water partition coefficient (Wildman–Crippen LogP) is 1.52. The molecule has 9 nitrogen and oxygen atoms in total. The van der Waals surface area contributed by atoms with Crippen molar-refractivity contribution in [3.63, 3.8) is 0 Å². The fraction of sp³-hybridized carbons (Fsp3) is 0.647. The Balaban J connectivity index is 0.000000396. The van der Waals surface area contributed by atoms with Gasteiger partial charge in [0.15, 0.2) is 0 Å². The van der Waals surface area contributed by atoms with Crippen LogP contribution in [0.5, 0.6) is 5.75 Å². The molecular weight excluding hydrogens is 431 g/mol. The van der Waals surface area contributed by atoms with E-state index in [1.807, 2.05) is 12.1 Å². The summed E-state index contributed by atoms with van der Waals surface area (Å²) in [5.41, 5.74) is -0.259. The van der Waals surface area contributed by atoms with Crippen LogP contribution in [0.2, 0.25) is 0 Å². The van der Waals surface area contributed by atoms with Crippen LogP contribution in [-0.4, -0.2) is 84.8 Å². The Hall–Kier alpha value is -1.96. The van der Waals surface area contributed by atoms with Gasteiger partial charge < -0.3 is 14.6 Å². The molecule has 2 saturated heterocycles. The van der Waals surface area contributed by atoms with Gasteiger partial charge in [0.1, 0.15) is 11.9 Å². The number of carboxylic acid groups (broad SMARTS) is 1. The number of carbonyl (C=O) groups is 1. The van der Waals surface area contributed by atoms with Crippen molar-refractivity contribution in [3.05, 3.63) is 24.5 Å². The highest BCUT2D eigenvalue weighted by atomic mass is 32.2. The minimum absolute atomic E-state index is 0.00351. The molecule has 1 unspecified atom stereocenters. The van der Waals surface area contributed by atoms with Gasteiger partial charge in [0, 0.05) is 39.8 Å². The van der Waals surface area contributed by atoms with Crippen LogP contribution in [-0.2, 0) is 19.7 Å². The Morgan fingerprint density at radius 2 is 1.97 bits per heavy atom. The predicted molar refractivity (Wildman–Crippen MR) is 99.1 cm³/mol. The molecule has 0 radical (unpaired) electrons. The lowest BCUT2D eigenvalue weighted by Crippen LogP contribution is -2.49. The summed E-state index contributed by atoms with van der Waals surface area (Å²) in [5, 5.41) is 7.12. The monoisotopic (exact) mass is 455 g/mol. The molecule has 13 heteroatoms. The van der Waals surface area contributed by atoms with E-state index in [2.05, 4.69) is 4.98 Å². The third kappa shape index (κ3) is 6.27. The molecule has 1 aromatic heterocycles. The van der Waals surface area contributed by atoms with Crippen molar-refractivity contribution in [3.8, 4) is 5.75 Å². The molecule has 3 rings (SSSR count). The first-order chi connectivity index (χ1) is 13.9. The lowest BCUT2D eigenvalue weighted by atomic mass is 9.89. The van der Waals surface area contributed by atoms with Crippen LogP contribution >= 0.6 is 0 Å². The van der Waals surface area contributed by atoms with Crippen molar-refractivity contribution in [1.29, 1.82) is 0 Å². The van der Waals surface area contributed by atoms with Crippen LogP contribution in [0.15, 0.2) is 24.5 Å². The number of aromatic nitrogens is 1. The molecule has 1 aromatic rings. The van der Waals surface area contributed by atoms with Crippen LogP contribution in [0, 0.1) is 0 Å². The smallest absolute Gasteiger partial charge is 0.486 e. The maximum atomic E-state index is 12.2. The third-order valence-corrected chi connectivity index (χ3v) is 6.72. The molecule has 30 heavy (non-hydrogen) atoms. The standard InChI is InChI=1S/C15H23N3O4S.C2HF3O2/c1-17(2)23(19,20)18-8-5-15(6-9-18)10-14(12-21-15)22-13-4-3-7-16-11-13;3-2(4,5)1(6)7/h3-4,7,11,14H,5-6,8-10,12H2,1-2H3;(H,6,7). The van der Waals surface area contributed by atoms with Gasteiger partial charge in [-0.1, -0.05) is 0 Å². The fourth-order valence-corrected chi connectivity index (χ4v) is 4.30. The topological polar surface area (TPSA) is 109 Å². The van der Waals surface area contributed by atoms with Gasteiger partial charge in [0.05, 0.1) is 18.4 Å². The number of hydrogen-bond donors (Lipinski definition) is 1. The summed E-state index contributed by atoms with van der Waals surface area (Å²) in [6, 6.07) is 3.72. The van der Waals surface area contributed by atoms with E-state index in [1.165, 1.54) is 8.61 Å². The van der Waals surface area contributed by atoms with Crippen molar-refractivity contribution in [2.45, 2.75) is 37.1 Å². The zero-order valence-corrected chi connectivity index (χ0v) is 17.3. The molecule has 0 aromatic carbocycles. The maximum Gasteiger partial charge on any atom is 0.490 e. The Morgan fingerprint density at radius 1 is 1.37 bits per heavy atom. The molecule has 0 saturated carbocycles. The van der Waals surface area contributed by atoms with E-state index in [-0.39, 0.29) is 11.7 Å². The van der Waals surface area contributed by atoms with E-state index < -0.39 is 22.4 Å². The van der Waals surface area contributed by atoms with E-state index in [0.717, 1.165) is 12.2 Å². The Bertz CT molecular complexity index is 812. The van der Waals surface area contributed by atoms with E-state index in [4.69, 9.17) is 19.4 Å². The summed E-state index contributed by atoms with van der Waals surface area (Å²) in [5.74, 6) is -2.02. The quantitative estimate of drug-likeness (QED) is 0.733. The highest BCUT2D eigenvalue weighted by molar-refractivity contribution is 7.86. The van der Waals surface area contributed by atoms with Crippen molar-refractivity contribution in [1.82, 2.24) is 13.6 Å². The Labute approximate surface area is 172 Å². The number of halogens is 3. The lowest BCUT2D eigenvalue weighted by molar-refractivity contribution is -0.192. The summed E-state index contributed by atoms with van der Waals surface area (Å²) in [7, 11) is -0.219. The minimum Gasteiger partial charge on any atom is -0.486 e. The SMILES string of the molecule is CN(C)S(=O)(=O)N1CCC2(CC1)CC(Oc1cccnc1)CO2.O=C(O)C(F)(F)F. The summed E-state index contributed by atoms with van der Waals surface area (Å²) < 4.78 is 70.8. The number of hydrogen-bond acceptors (Lipinski definition) is 6. The second-order valence-electron chi connectivity index (χ2n) is 7.12. The summed E-state index contributed by atoms with van der Waals surface area (Å²) in [4.78, 5) is 12.9. The van der Waals surface area contributed by atoms with Crippen LogP contribution in [0.25, 0.3) is 0 Å². The number of rotatable bonds is 4. The van der Waals surface area contributed by atoms with Gasteiger partial charge in [-0.3, -0.25) is 4.98 Å². The van der Waals surface area contributed by atoms with Crippen molar-refractivity contribution in [2.75, 3.05) is 33.8 Å². The van der Waals surface area contributed by atoms with Crippen molar-refractivity contribution >= 4 is 16.2 Å². The molecule has 0 amide bonds. The molecular formula is C17H24F3N3O6S. The molecule has 0 aliphatic carbocycles. The van der Waals surface area contributed by atoms with Crippen LogP contribution in [0.4, 0.5) is 13.2 Å². The number of ether oxygens (including phenoxy) is 2. The first-order valence-electron chi connectivity index (χ1n) is 9.04. The van der Waals surface area contributed by atoms with Crippen LogP contribution < -0.4 is 4.74 Å². The summed E-state index contributed by atoms with van der Waals surface area (Å²) in [6.07, 6.45) is 0.506. The number of piperidine rings is 1. The first-order valence-corrected chi connectivity index (χ1v) is 10.4. The molecule has 170 valence electrons. The molecule has 1 atom stereocenters. The van der Waals surface area contributed by atoms with Gasteiger partial charge in [-0.2, -0.15) is 30.2 Å². The minimum atomic E-state index is -5.08. The summed E-state index contributed by atoms with van der Waals surface area (Å²) >= 11 is 0. The number of aliphatic carboxylic acids is 1. The average Bonchev–Trinajstić information content (AvgIpc) is 3.04. The number of carboxylic acids is 1. The maximum absolute atomic E-state index is 12.2. The van der Waals surface area contributed by atoms with Crippen molar-refractivity contribution in [2.24, 2.45) is 0 Å². The fourth-order valence-electron chi connectivity index (χ4n) is 3.19. The van der Waals surface area contributed by atoms with E-state index in [9.17, 15) is 21.6 Å². The number of alkyl halides is 3. The highest BCUT2D eigenvalue weighted by Crippen LogP contribution is 2.38. The van der Waals surface area contributed by atoms with Gasteiger partial charge in [0.25, 0.3) is 10.2 Å². The molecule has 0 bridgehead atoms. The second kappa shape index (κ2) is 9.45. The normalized spacial score (nSPS) is 21.9. The van der Waals surface area contributed by atoms with Crippen LogP contribution in [0.1, 0.15) is 19.3 Å². The van der Waals surface area contributed by atoms with Crippen LogP contribution in [0.3, 0.4) is 0 Å². The Kier molecular flexibility index (Phi) is 7.66. The Morgan fingerprint density at radius 3 is 2.43 bits per heavy atom. The molecule has 1 spiro atoms. The molecule has 2 fully saturated rings. The van der Waals surface area contributed by atoms with Gasteiger partial charge in [0.2, 0.25) is 0 Å². The zero-order chi connectivity index (χ0) is 22.6. The average molecular weight is 455 g/mol. The van der Waals surface area contributed by atoms with Gasteiger partial charge >= 0.3 is 12.1 Å². The van der Waals surface area contributed by atoms with E-state index >= 15 is 0 Å². The summed E-state index contributed by atoms with van der Waals surface area (Å²) in [6.45, 7) is 1.51. The molecule has 2 aliphatic rings. The number of pyridine rings is 1. The van der Waals surface area contributed by atoms with Gasteiger partial charge in [-0.15, -0.1) is 0 Å². The highest BCUT2D eigenvalue weighted by Gasteiger charge is 2.45. The second-order valence-corrected chi connectivity index (χ2v) is 9.26. The third-order valence-electron chi connectivity index (χ3n) is 4.78. The molecule has 3 heterocycles. The van der Waals surface area contributed by atoms with E-state index in [1.54, 1.807) is 26.5 Å². The lowest BCUT2D eigenvalue weighted by Gasteiger charge is -2.38. The van der Waals surface area contributed by atoms with E-state index in [0.29, 0.717) is 32.5 Å². The number of nitrogens with zero attached hydrogens (tertiary/aromatic N) is 3. The van der Waals surface area contributed by atoms with Gasteiger partial charge in [-0.05, 0) is 25.0 Å². The molecule has 2 aliphatic heterocycles. The van der Waals surface area contributed by atoms with Gasteiger partial charge in [-0.25, -0.2) is 4.79 Å². The largest absolute Gasteiger partial charge is 0.490 e. The van der Waals surface area contributed by atoms with Crippen molar-refractivity contribution < 1.29 is 41.0 Å². The first kappa shape index (κ1) is 24.3.